The summed E-state index contributed by atoms with van der Waals surface area (Å²) in [5.41, 5.74) is 1.32. The fourth-order valence-electron chi connectivity index (χ4n) is 0.534. The summed E-state index contributed by atoms with van der Waals surface area (Å²) in [4.78, 5) is 0. The molecule has 10 heavy (non-hydrogen) atoms. The van der Waals surface area contributed by atoms with Crippen LogP contribution in [0.15, 0.2) is 30.3 Å². The van der Waals surface area contributed by atoms with Crippen molar-refractivity contribution in [3.05, 3.63) is 35.9 Å². The van der Waals surface area contributed by atoms with Crippen LogP contribution in [-0.2, 0) is 0 Å². The van der Waals surface area contributed by atoms with Gasteiger partial charge in [-0.1, -0.05) is 58.4 Å². The Morgan fingerprint density at radius 1 is 1.10 bits per heavy atom. The first kappa shape index (κ1) is 10.2. The molecule has 0 nitrogen and oxygen atoms in total. The highest BCUT2D eigenvalue weighted by Gasteiger charge is 1.72. The summed E-state index contributed by atoms with van der Waals surface area (Å²) in [6.45, 7) is 2.08. The van der Waals surface area contributed by atoms with Crippen LogP contribution in [0, 0.1) is 6.92 Å². The van der Waals surface area contributed by atoms with Crippen molar-refractivity contribution in [3.8, 4) is 0 Å². The minimum absolute atomic E-state index is 0.0278. The molecular formula is C7H9Cl2P. The van der Waals surface area contributed by atoms with Gasteiger partial charge in [0.1, 0.15) is 0 Å². The zero-order valence-electron chi connectivity index (χ0n) is 5.64. The summed E-state index contributed by atoms with van der Waals surface area (Å²) in [6.07, 6.45) is 0. The number of hydrogen-bond donors (Lipinski definition) is 0. The maximum absolute atomic E-state index is 4.79. The summed E-state index contributed by atoms with van der Waals surface area (Å²) >= 11 is 9.58. The highest BCUT2D eigenvalue weighted by atomic mass is 35.9. The zero-order chi connectivity index (χ0) is 7.82. The topological polar surface area (TPSA) is 0 Å². The van der Waals surface area contributed by atoms with E-state index in [0.29, 0.717) is 0 Å². The van der Waals surface area contributed by atoms with Crippen molar-refractivity contribution in [2.45, 2.75) is 6.92 Å². The van der Waals surface area contributed by atoms with Gasteiger partial charge in [0.25, 0.3) is 0 Å². The van der Waals surface area contributed by atoms with Gasteiger partial charge in [0.05, 0.1) is 7.29 Å². The van der Waals surface area contributed by atoms with Crippen molar-refractivity contribution >= 4 is 29.8 Å². The molecule has 0 radical (unpaired) electrons. The second kappa shape index (κ2) is 7.34. The summed E-state index contributed by atoms with van der Waals surface area (Å²) in [5.74, 6) is 0. The number of benzene rings is 1. The highest BCUT2D eigenvalue weighted by molar-refractivity contribution is 7.90. The Balaban J connectivity index is 0.000000236. The van der Waals surface area contributed by atoms with Crippen molar-refractivity contribution in [2.75, 3.05) is 0 Å². The van der Waals surface area contributed by atoms with E-state index in [2.05, 4.69) is 19.1 Å². The van der Waals surface area contributed by atoms with Crippen LogP contribution in [0.25, 0.3) is 0 Å². The lowest BCUT2D eigenvalue weighted by Gasteiger charge is -1.82. The van der Waals surface area contributed by atoms with Gasteiger partial charge >= 0.3 is 0 Å². The van der Waals surface area contributed by atoms with Crippen LogP contribution in [-0.4, -0.2) is 0 Å². The van der Waals surface area contributed by atoms with Gasteiger partial charge in [0.15, 0.2) is 0 Å². The predicted octanol–water partition coefficient (Wildman–Crippen LogP) is 3.97. The van der Waals surface area contributed by atoms with Crippen LogP contribution >= 0.6 is 29.8 Å². The monoisotopic (exact) mass is 194 g/mol. The Kier molecular flexibility index (Phi) is 7.51. The molecule has 0 heterocycles. The van der Waals surface area contributed by atoms with E-state index in [9.17, 15) is 0 Å². The van der Waals surface area contributed by atoms with Gasteiger partial charge in [0.2, 0.25) is 0 Å². The fraction of sp³-hybridized carbons (Fsp3) is 0.143. The average Bonchev–Trinajstić information content (AvgIpc) is 1.91. The molecule has 0 spiro atoms. The van der Waals surface area contributed by atoms with Crippen LogP contribution < -0.4 is 0 Å². The van der Waals surface area contributed by atoms with Crippen molar-refractivity contribution in [3.63, 3.8) is 0 Å². The third kappa shape index (κ3) is 6.35. The molecule has 0 unspecified atom stereocenters. The molecule has 0 aliphatic rings. The minimum atomic E-state index is 0.0278. The lowest BCUT2D eigenvalue weighted by Crippen LogP contribution is -1.62. The lowest BCUT2D eigenvalue weighted by molar-refractivity contribution is 1.48. The zero-order valence-corrected chi connectivity index (χ0v) is 8.15. The third-order valence-corrected chi connectivity index (χ3v) is 0.940. The number of halogens is 2. The van der Waals surface area contributed by atoms with Crippen LogP contribution in [0.3, 0.4) is 0 Å². The van der Waals surface area contributed by atoms with E-state index in [0.717, 1.165) is 0 Å². The Morgan fingerprint density at radius 3 is 1.70 bits per heavy atom. The van der Waals surface area contributed by atoms with Crippen molar-refractivity contribution in [1.29, 1.82) is 0 Å². The largest absolute Gasteiger partial charge is 0.0818 e. The molecule has 1 aromatic carbocycles. The van der Waals surface area contributed by atoms with Crippen molar-refractivity contribution < 1.29 is 0 Å². The average molecular weight is 195 g/mol. The van der Waals surface area contributed by atoms with Crippen LogP contribution in [0.5, 0.6) is 0 Å². The van der Waals surface area contributed by atoms with Crippen molar-refractivity contribution in [2.24, 2.45) is 0 Å². The first-order valence-corrected chi connectivity index (χ1v) is 5.81. The van der Waals surface area contributed by atoms with E-state index in [4.69, 9.17) is 22.5 Å². The molecule has 0 N–H and O–H groups in total. The van der Waals surface area contributed by atoms with Gasteiger partial charge in [-0.3, -0.25) is 0 Å². The third-order valence-electron chi connectivity index (χ3n) is 0.940. The molecule has 0 fully saturated rings. The minimum Gasteiger partial charge on any atom is -0.0818 e. The predicted molar refractivity (Wildman–Crippen MR) is 51.2 cm³/mol. The van der Waals surface area contributed by atoms with E-state index in [1.807, 2.05) is 18.2 Å². The van der Waals surface area contributed by atoms with Gasteiger partial charge in [0, 0.05) is 0 Å². The second-order valence-corrected chi connectivity index (χ2v) is 3.58. The summed E-state index contributed by atoms with van der Waals surface area (Å²) in [5, 5.41) is 0. The quantitative estimate of drug-likeness (QED) is 0.549. The molecule has 0 amide bonds. The lowest BCUT2D eigenvalue weighted by atomic mass is 10.2. The molecule has 0 bridgehead atoms. The summed E-state index contributed by atoms with van der Waals surface area (Å²) < 4.78 is 0. The van der Waals surface area contributed by atoms with Gasteiger partial charge in [-0.2, -0.15) is 0 Å². The molecule has 1 rings (SSSR count). The first-order valence-electron chi connectivity index (χ1n) is 2.79. The molecule has 0 aliphatic heterocycles. The maximum Gasteiger partial charge on any atom is 0.0713 e. The summed E-state index contributed by atoms with van der Waals surface area (Å²) in [7, 11) is 0.0278. The van der Waals surface area contributed by atoms with Crippen molar-refractivity contribution in [1.82, 2.24) is 0 Å². The van der Waals surface area contributed by atoms with Crippen LogP contribution in [0.2, 0.25) is 0 Å². The second-order valence-electron chi connectivity index (χ2n) is 1.73. The fourth-order valence-corrected chi connectivity index (χ4v) is 0.534. The molecule has 3 heteroatoms. The molecular weight excluding hydrogens is 186 g/mol. The first-order chi connectivity index (χ1) is 4.81. The standard InChI is InChI=1S/C7H8.Cl2HP/c1-7-5-3-2-4-6-7;1-3-2/h2-6H,1H3;3H. The highest BCUT2D eigenvalue weighted by Crippen LogP contribution is 2.19. The number of hydrogen-bond acceptors (Lipinski definition) is 0. The van der Waals surface area contributed by atoms with Crippen LogP contribution in [0.1, 0.15) is 5.56 Å². The molecule has 0 saturated carbocycles. The van der Waals surface area contributed by atoms with E-state index in [1.165, 1.54) is 5.56 Å². The number of rotatable bonds is 0. The van der Waals surface area contributed by atoms with E-state index < -0.39 is 0 Å². The van der Waals surface area contributed by atoms with Gasteiger partial charge in [-0.15, -0.1) is 0 Å². The maximum atomic E-state index is 4.79. The Bertz CT molecular complexity index is 153. The van der Waals surface area contributed by atoms with Crippen LogP contribution in [0.4, 0.5) is 0 Å². The smallest absolute Gasteiger partial charge is 0.0713 e. The van der Waals surface area contributed by atoms with Gasteiger partial charge in [-0.05, 0) is 6.92 Å². The molecule has 0 atom stereocenters. The van der Waals surface area contributed by atoms with Gasteiger partial charge in [-0.25, -0.2) is 0 Å². The number of aryl methyl sites for hydroxylation is 1. The molecule has 0 saturated heterocycles. The SMILES string of the molecule is Cc1ccccc1.ClPCl. The van der Waals surface area contributed by atoms with E-state index in [-0.39, 0.29) is 7.29 Å². The van der Waals surface area contributed by atoms with Gasteiger partial charge < -0.3 is 0 Å². The normalized spacial score (nSPS) is 7.90. The Hall–Kier alpha value is 0.230. The van der Waals surface area contributed by atoms with E-state index in [1.54, 1.807) is 0 Å². The summed E-state index contributed by atoms with van der Waals surface area (Å²) in [6, 6.07) is 10.3. The molecule has 0 aromatic heterocycles. The molecule has 1 aromatic rings. The Morgan fingerprint density at radius 2 is 1.50 bits per heavy atom. The molecule has 56 valence electrons. The molecule has 0 aliphatic carbocycles. The Labute approximate surface area is 72.9 Å². The van der Waals surface area contributed by atoms with E-state index >= 15 is 0 Å².